The van der Waals surface area contributed by atoms with Crippen LogP contribution in [0.2, 0.25) is 10.4 Å². The number of rotatable bonds is 8. The number of benzene rings is 1. The molecule has 29 heavy (non-hydrogen) atoms. The van der Waals surface area contributed by atoms with Crippen LogP contribution in [0.1, 0.15) is 13.8 Å². The fraction of sp³-hybridized carbons (Fsp3) is 0.368. The van der Waals surface area contributed by atoms with Crippen LogP contribution in [0, 0.1) is 5.92 Å². The number of hydrogen-bond acceptors (Lipinski definition) is 8. The van der Waals surface area contributed by atoms with Crippen molar-refractivity contribution in [3.05, 3.63) is 24.5 Å². The maximum absolute atomic E-state index is 6.07. The molecule has 7 nitrogen and oxygen atoms in total. The second kappa shape index (κ2) is 8.90. The van der Waals surface area contributed by atoms with Gasteiger partial charge in [0.25, 0.3) is 0 Å². The molecule has 1 radical (unpaired) electrons. The van der Waals surface area contributed by atoms with E-state index in [-0.39, 0.29) is 0 Å². The van der Waals surface area contributed by atoms with E-state index in [1.165, 1.54) is 11.5 Å². The Bertz CT molecular complexity index is 1140. The Hall–Kier alpha value is -1.83. The summed E-state index contributed by atoms with van der Waals surface area (Å²) < 4.78 is 9.60. The molecule has 0 amide bonds. The molecule has 0 aliphatic rings. The van der Waals surface area contributed by atoms with Gasteiger partial charge in [-0.1, -0.05) is 0 Å². The van der Waals surface area contributed by atoms with E-state index in [0.717, 1.165) is 48.8 Å². The molecule has 2 N–H and O–H groups in total. The minimum atomic E-state index is 0.304. The Morgan fingerprint density at radius 3 is 2.93 bits per heavy atom. The van der Waals surface area contributed by atoms with Gasteiger partial charge in [-0.05, 0) is 0 Å². The van der Waals surface area contributed by atoms with Crippen molar-refractivity contribution in [3.63, 3.8) is 0 Å². The summed E-state index contributed by atoms with van der Waals surface area (Å²) in [6, 6.07) is 5.91. The van der Waals surface area contributed by atoms with E-state index in [9.17, 15) is 0 Å². The molecular formula is C19H22AsN6OS2. The third-order valence-electron chi connectivity index (χ3n) is 4.26. The molecule has 1 aromatic carbocycles. The zero-order valence-electron chi connectivity index (χ0n) is 16.5. The summed E-state index contributed by atoms with van der Waals surface area (Å²) in [4.78, 5) is 18.1. The van der Waals surface area contributed by atoms with Crippen LogP contribution >= 0.6 is 23.1 Å². The normalized spacial score (nSPS) is 12.1. The number of nitrogens with zero attached hydrogens (tertiary/aromatic N) is 5. The number of fused-ring (bicyclic) bond motifs is 2. The number of imidazole rings is 1. The third kappa shape index (κ3) is 4.37. The van der Waals surface area contributed by atoms with Crippen molar-refractivity contribution in [1.82, 2.24) is 24.5 Å². The van der Waals surface area contributed by atoms with Gasteiger partial charge in [-0.3, -0.25) is 0 Å². The number of thiazole rings is 1. The summed E-state index contributed by atoms with van der Waals surface area (Å²) in [6.45, 7) is 5.44. The molecule has 3 aromatic heterocycles. The van der Waals surface area contributed by atoms with E-state index in [1.54, 1.807) is 30.2 Å². The quantitative estimate of drug-likeness (QED) is 0.290. The SMILES string of the molecule is COc1cccc2nc(Sc3nc4c(N)ncnc4n3CC[As]CC(C)C)sc12. The molecule has 4 rings (SSSR count). The van der Waals surface area contributed by atoms with Crippen molar-refractivity contribution in [2.24, 2.45) is 5.92 Å². The second-order valence-corrected chi connectivity index (χ2v) is 11.7. The third-order valence-corrected chi connectivity index (χ3v) is 9.56. The van der Waals surface area contributed by atoms with Crippen molar-refractivity contribution >= 4 is 66.0 Å². The van der Waals surface area contributed by atoms with E-state index in [1.807, 2.05) is 18.2 Å². The van der Waals surface area contributed by atoms with Gasteiger partial charge in [0.1, 0.15) is 0 Å². The summed E-state index contributed by atoms with van der Waals surface area (Å²) >= 11 is 3.46. The molecule has 10 heteroatoms. The van der Waals surface area contributed by atoms with E-state index in [0.29, 0.717) is 27.1 Å². The number of anilines is 1. The predicted octanol–water partition coefficient (Wildman–Crippen LogP) is 4.37. The van der Waals surface area contributed by atoms with Gasteiger partial charge in [0, 0.05) is 0 Å². The first-order valence-corrected chi connectivity index (χ1v) is 13.6. The van der Waals surface area contributed by atoms with Gasteiger partial charge >= 0.3 is 185 Å². The van der Waals surface area contributed by atoms with Gasteiger partial charge in [-0.25, -0.2) is 0 Å². The molecular weight excluding hydrogens is 467 g/mol. The summed E-state index contributed by atoms with van der Waals surface area (Å²) in [5, 5.41) is 3.32. The summed E-state index contributed by atoms with van der Waals surface area (Å²) in [7, 11) is 1.68. The van der Waals surface area contributed by atoms with E-state index in [2.05, 4.69) is 28.4 Å². The van der Waals surface area contributed by atoms with Crippen molar-refractivity contribution in [3.8, 4) is 5.75 Å². The van der Waals surface area contributed by atoms with Crippen LogP contribution in [0.5, 0.6) is 5.75 Å². The number of aromatic nitrogens is 5. The maximum atomic E-state index is 6.07. The van der Waals surface area contributed by atoms with Gasteiger partial charge < -0.3 is 0 Å². The van der Waals surface area contributed by atoms with E-state index >= 15 is 0 Å². The monoisotopic (exact) mass is 489 g/mol. The predicted molar refractivity (Wildman–Crippen MR) is 120 cm³/mol. The number of methoxy groups -OCH3 is 1. The van der Waals surface area contributed by atoms with Gasteiger partial charge in [-0.15, -0.1) is 0 Å². The first-order valence-electron chi connectivity index (χ1n) is 9.28. The zero-order chi connectivity index (χ0) is 20.4. The number of ether oxygens (including phenoxy) is 1. The van der Waals surface area contributed by atoms with Gasteiger partial charge in [0.15, 0.2) is 0 Å². The molecule has 3 heterocycles. The van der Waals surface area contributed by atoms with Crippen LogP contribution in [0.15, 0.2) is 34.0 Å². The molecule has 0 aliphatic carbocycles. The molecule has 4 aromatic rings. The summed E-state index contributed by atoms with van der Waals surface area (Å²) in [6.07, 6.45) is 1.51. The van der Waals surface area contributed by atoms with E-state index < -0.39 is 0 Å². The van der Waals surface area contributed by atoms with Gasteiger partial charge in [0.05, 0.1) is 0 Å². The Kier molecular flexibility index (Phi) is 6.27. The Morgan fingerprint density at radius 1 is 1.28 bits per heavy atom. The summed E-state index contributed by atoms with van der Waals surface area (Å²) in [5.74, 6) is 2.00. The first kappa shape index (κ1) is 20.4. The average molecular weight is 489 g/mol. The standard InChI is InChI=1S/C19H22AsN6OS2/c1-11(2)9-20-7-8-26-17-14(16(21)22-10-23-17)25-18(26)29-19-24-12-5-4-6-13(27-3)15(12)28-19/h4-6,10-11H,7-9H2,1-3H3,(H2,21,22,23). The molecule has 0 saturated carbocycles. The number of nitrogen functional groups attached to an aromatic ring is 1. The van der Waals surface area contributed by atoms with Crippen molar-refractivity contribution < 1.29 is 4.74 Å². The van der Waals surface area contributed by atoms with Crippen LogP contribution in [0.4, 0.5) is 5.82 Å². The fourth-order valence-corrected chi connectivity index (χ4v) is 7.26. The fourth-order valence-electron chi connectivity index (χ4n) is 2.92. The molecule has 0 bridgehead atoms. The minimum absolute atomic E-state index is 0.304. The molecule has 0 unspecified atom stereocenters. The van der Waals surface area contributed by atoms with Gasteiger partial charge in [0.2, 0.25) is 0 Å². The van der Waals surface area contributed by atoms with Gasteiger partial charge in [-0.2, -0.15) is 0 Å². The number of nitrogens with two attached hydrogens (primary N) is 1. The van der Waals surface area contributed by atoms with Crippen LogP contribution in [0.3, 0.4) is 0 Å². The molecule has 0 atom stereocenters. The Labute approximate surface area is 184 Å². The first-order chi connectivity index (χ1) is 14.1. The molecule has 151 valence electrons. The zero-order valence-corrected chi connectivity index (χ0v) is 20.0. The van der Waals surface area contributed by atoms with E-state index in [4.69, 9.17) is 20.4 Å². The topological polar surface area (TPSA) is 91.7 Å². The number of aryl methyl sites for hydroxylation is 1. The Morgan fingerprint density at radius 2 is 2.14 bits per heavy atom. The molecule has 0 aliphatic heterocycles. The van der Waals surface area contributed by atoms with Crippen LogP contribution in [-0.4, -0.2) is 47.4 Å². The number of hydrogen-bond donors (Lipinski definition) is 1. The van der Waals surface area contributed by atoms with Crippen LogP contribution < -0.4 is 10.5 Å². The molecule has 0 fully saturated rings. The molecule has 0 saturated heterocycles. The summed E-state index contributed by atoms with van der Waals surface area (Å²) in [5.41, 5.74) is 8.45. The van der Waals surface area contributed by atoms with Crippen molar-refractivity contribution in [1.29, 1.82) is 0 Å². The van der Waals surface area contributed by atoms with Crippen molar-refractivity contribution in [2.75, 3.05) is 12.8 Å². The van der Waals surface area contributed by atoms with Crippen LogP contribution in [-0.2, 0) is 6.54 Å². The second-order valence-electron chi connectivity index (χ2n) is 6.89. The average Bonchev–Trinajstić information content (AvgIpc) is 3.27. The van der Waals surface area contributed by atoms with Crippen LogP contribution in [0.25, 0.3) is 21.4 Å². The Balaban J connectivity index is 1.67. The van der Waals surface area contributed by atoms with Crippen molar-refractivity contribution in [2.45, 2.75) is 40.3 Å². The molecule has 0 spiro atoms.